The lowest BCUT2D eigenvalue weighted by Gasteiger charge is -2.12. The molecule has 1 heterocycles. The van der Waals surface area contributed by atoms with Crippen molar-refractivity contribution in [3.05, 3.63) is 27.5 Å². The Morgan fingerprint density at radius 1 is 1.57 bits per heavy atom. The number of rotatable bonds is 2. The molecule has 0 fully saturated rings. The van der Waals surface area contributed by atoms with Crippen molar-refractivity contribution in [1.82, 2.24) is 4.98 Å². The van der Waals surface area contributed by atoms with Crippen LogP contribution in [-0.4, -0.2) is 21.3 Å². The van der Waals surface area contributed by atoms with E-state index >= 15 is 0 Å². The van der Waals surface area contributed by atoms with Crippen LogP contribution < -0.4 is 0 Å². The Labute approximate surface area is 93.9 Å². The van der Waals surface area contributed by atoms with Crippen LogP contribution in [0.3, 0.4) is 0 Å². The van der Waals surface area contributed by atoms with E-state index in [2.05, 4.69) is 20.9 Å². The molecule has 0 aliphatic rings. The van der Waals surface area contributed by atoms with Gasteiger partial charge in [-0.25, -0.2) is 4.98 Å². The van der Waals surface area contributed by atoms with Crippen LogP contribution in [0.1, 0.15) is 11.7 Å². The number of hydrogen-bond donors (Lipinski definition) is 2. The van der Waals surface area contributed by atoms with Gasteiger partial charge in [0.1, 0.15) is 11.3 Å². The van der Waals surface area contributed by atoms with Gasteiger partial charge in [0.05, 0.1) is 6.07 Å². The van der Waals surface area contributed by atoms with Crippen molar-refractivity contribution in [1.29, 1.82) is 5.26 Å². The number of halogens is 2. The monoisotopic (exact) mass is 276 g/mol. The molecule has 0 aliphatic heterocycles. The topological polar surface area (TPSA) is 77.1 Å². The number of nitriles is 1. The lowest BCUT2D eigenvalue weighted by atomic mass is 10.1. The number of nitrogens with zero attached hydrogens (tertiary/aromatic N) is 2. The standard InChI is InChI=1S/C8H6BrClN2O2/c9-4-1-5(8(10)12-3-4)7(14)6(13)2-11/h1,3,6-7,13-14H. The first-order valence-corrected chi connectivity index (χ1v) is 4.80. The molecule has 0 radical (unpaired) electrons. The van der Waals surface area contributed by atoms with E-state index < -0.39 is 12.2 Å². The average Bonchev–Trinajstić information content (AvgIpc) is 2.19. The highest BCUT2D eigenvalue weighted by Gasteiger charge is 2.21. The molecule has 6 heteroatoms. The molecule has 0 saturated heterocycles. The largest absolute Gasteiger partial charge is 0.384 e. The van der Waals surface area contributed by atoms with Gasteiger partial charge in [-0.15, -0.1) is 0 Å². The summed E-state index contributed by atoms with van der Waals surface area (Å²) in [6, 6.07) is 3.01. The fourth-order valence-corrected chi connectivity index (χ4v) is 1.45. The highest BCUT2D eigenvalue weighted by Crippen LogP contribution is 2.26. The maximum Gasteiger partial charge on any atom is 0.170 e. The minimum atomic E-state index is -1.51. The second-order valence-electron chi connectivity index (χ2n) is 2.55. The molecule has 2 atom stereocenters. The number of aliphatic hydroxyl groups excluding tert-OH is 2. The first-order valence-electron chi connectivity index (χ1n) is 3.63. The van der Waals surface area contributed by atoms with Gasteiger partial charge >= 0.3 is 0 Å². The summed E-state index contributed by atoms with van der Waals surface area (Å²) in [7, 11) is 0. The van der Waals surface area contributed by atoms with E-state index in [-0.39, 0.29) is 10.7 Å². The van der Waals surface area contributed by atoms with Crippen molar-refractivity contribution in [2.45, 2.75) is 12.2 Å². The summed E-state index contributed by atoms with van der Waals surface area (Å²) >= 11 is 8.82. The Balaban J connectivity index is 3.07. The van der Waals surface area contributed by atoms with Crippen molar-refractivity contribution < 1.29 is 10.2 Å². The van der Waals surface area contributed by atoms with Crippen LogP contribution in [0.5, 0.6) is 0 Å². The molecule has 1 rings (SSSR count). The van der Waals surface area contributed by atoms with Crippen LogP contribution in [0.4, 0.5) is 0 Å². The molecule has 0 saturated carbocycles. The highest BCUT2D eigenvalue weighted by atomic mass is 79.9. The number of aliphatic hydroxyl groups is 2. The van der Waals surface area contributed by atoms with Gasteiger partial charge in [-0.3, -0.25) is 0 Å². The maximum absolute atomic E-state index is 9.48. The molecule has 74 valence electrons. The third-order valence-electron chi connectivity index (χ3n) is 1.58. The van der Waals surface area contributed by atoms with Crippen molar-refractivity contribution in [3.63, 3.8) is 0 Å². The predicted molar refractivity (Wildman–Crippen MR) is 53.5 cm³/mol. The SMILES string of the molecule is N#CC(O)C(O)c1cc(Br)cnc1Cl. The smallest absolute Gasteiger partial charge is 0.170 e. The molecule has 4 nitrogen and oxygen atoms in total. The second kappa shape index (κ2) is 4.71. The van der Waals surface area contributed by atoms with E-state index in [9.17, 15) is 5.11 Å². The first-order chi connectivity index (χ1) is 6.56. The summed E-state index contributed by atoms with van der Waals surface area (Å²) in [5.74, 6) is 0. The molecule has 0 aromatic carbocycles. The van der Waals surface area contributed by atoms with Crippen LogP contribution in [0.15, 0.2) is 16.7 Å². The van der Waals surface area contributed by atoms with Crippen LogP contribution >= 0.6 is 27.5 Å². The van der Waals surface area contributed by atoms with E-state index in [1.165, 1.54) is 18.3 Å². The third-order valence-corrected chi connectivity index (χ3v) is 2.33. The van der Waals surface area contributed by atoms with Crippen molar-refractivity contribution in [2.75, 3.05) is 0 Å². The molecule has 2 unspecified atom stereocenters. The van der Waals surface area contributed by atoms with Gasteiger partial charge in [0, 0.05) is 16.2 Å². The highest BCUT2D eigenvalue weighted by molar-refractivity contribution is 9.10. The van der Waals surface area contributed by atoms with E-state index in [4.69, 9.17) is 22.0 Å². The Bertz CT molecular complexity index is 380. The van der Waals surface area contributed by atoms with Gasteiger partial charge in [0.2, 0.25) is 0 Å². The van der Waals surface area contributed by atoms with E-state index in [1.807, 2.05) is 0 Å². The number of pyridine rings is 1. The quantitative estimate of drug-likeness (QED) is 0.633. The normalized spacial score (nSPS) is 14.5. The predicted octanol–water partition coefficient (Wildman–Crippen LogP) is 1.42. The molecule has 0 amide bonds. The van der Waals surface area contributed by atoms with E-state index in [1.54, 1.807) is 0 Å². The number of aromatic nitrogens is 1. The fourth-order valence-electron chi connectivity index (χ4n) is 0.886. The lowest BCUT2D eigenvalue weighted by molar-refractivity contribution is 0.0526. The second-order valence-corrected chi connectivity index (χ2v) is 3.83. The van der Waals surface area contributed by atoms with Gasteiger partial charge < -0.3 is 10.2 Å². The lowest BCUT2D eigenvalue weighted by Crippen LogP contribution is -2.16. The molecule has 1 aromatic rings. The van der Waals surface area contributed by atoms with Gasteiger partial charge in [-0.2, -0.15) is 5.26 Å². The molecule has 1 aromatic heterocycles. The van der Waals surface area contributed by atoms with Gasteiger partial charge in [0.15, 0.2) is 6.10 Å². The zero-order valence-electron chi connectivity index (χ0n) is 6.85. The van der Waals surface area contributed by atoms with E-state index in [0.29, 0.717) is 4.47 Å². The average molecular weight is 278 g/mol. The summed E-state index contributed by atoms with van der Waals surface area (Å²) in [5, 5.41) is 27.0. The third kappa shape index (κ3) is 2.42. The molecule has 14 heavy (non-hydrogen) atoms. The molecular weight excluding hydrogens is 271 g/mol. The first kappa shape index (κ1) is 11.4. The fraction of sp³-hybridized carbons (Fsp3) is 0.250. The summed E-state index contributed by atoms with van der Waals surface area (Å²) in [6.07, 6.45) is -1.40. The minimum Gasteiger partial charge on any atom is -0.384 e. The minimum absolute atomic E-state index is 0.0648. The molecule has 0 spiro atoms. The van der Waals surface area contributed by atoms with Gasteiger partial charge in [-0.05, 0) is 22.0 Å². The summed E-state index contributed by atoms with van der Waals surface area (Å²) in [6.45, 7) is 0. The zero-order valence-corrected chi connectivity index (χ0v) is 9.20. The number of hydrogen-bond acceptors (Lipinski definition) is 4. The van der Waals surface area contributed by atoms with Crippen LogP contribution in [-0.2, 0) is 0 Å². The molecule has 0 aliphatic carbocycles. The summed E-state index contributed by atoms with van der Waals surface area (Å²) in [4.78, 5) is 3.75. The van der Waals surface area contributed by atoms with E-state index in [0.717, 1.165) is 0 Å². The summed E-state index contributed by atoms with van der Waals surface area (Å²) < 4.78 is 0.612. The molecule has 2 N–H and O–H groups in total. The Kier molecular flexibility index (Phi) is 3.84. The van der Waals surface area contributed by atoms with Crippen LogP contribution in [0.25, 0.3) is 0 Å². The Morgan fingerprint density at radius 3 is 2.79 bits per heavy atom. The Morgan fingerprint density at radius 2 is 2.21 bits per heavy atom. The van der Waals surface area contributed by atoms with Crippen molar-refractivity contribution in [3.8, 4) is 6.07 Å². The molecular formula is C8H6BrClN2O2. The van der Waals surface area contributed by atoms with Crippen LogP contribution in [0, 0.1) is 11.3 Å². The molecule has 0 bridgehead atoms. The van der Waals surface area contributed by atoms with Crippen molar-refractivity contribution >= 4 is 27.5 Å². The zero-order chi connectivity index (χ0) is 10.7. The van der Waals surface area contributed by atoms with Crippen LogP contribution in [0.2, 0.25) is 5.15 Å². The van der Waals surface area contributed by atoms with Crippen molar-refractivity contribution in [2.24, 2.45) is 0 Å². The Hall–Kier alpha value is -0.670. The van der Waals surface area contributed by atoms with Gasteiger partial charge in [-0.1, -0.05) is 11.6 Å². The summed E-state index contributed by atoms with van der Waals surface area (Å²) in [5.41, 5.74) is 0.218. The van der Waals surface area contributed by atoms with Gasteiger partial charge in [0.25, 0.3) is 0 Å². The maximum atomic E-state index is 9.48.